The second kappa shape index (κ2) is 2.92. The van der Waals surface area contributed by atoms with Crippen LogP contribution in [-0.4, -0.2) is 9.78 Å². The summed E-state index contributed by atoms with van der Waals surface area (Å²) < 4.78 is 1.49. The van der Waals surface area contributed by atoms with Crippen LogP contribution in [0.2, 0.25) is 5.02 Å². The van der Waals surface area contributed by atoms with E-state index in [4.69, 9.17) is 11.6 Å². The third-order valence-electron chi connectivity index (χ3n) is 1.24. The van der Waals surface area contributed by atoms with Crippen molar-refractivity contribution in [3.63, 3.8) is 0 Å². The highest BCUT2D eigenvalue weighted by Gasteiger charge is 1.99. The van der Waals surface area contributed by atoms with Crippen molar-refractivity contribution in [2.75, 3.05) is 0 Å². The molecule has 0 aliphatic heterocycles. The van der Waals surface area contributed by atoms with Crippen LogP contribution in [0.1, 0.15) is 13.3 Å². The van der Waals surface area contributed by atoms with Crippen LogP contribution in [0.15, 0.2) is 11.0 Å². The highest BCUT2D eigenvalue weighted by Crippen LogP contribution is 1.96. The molecule has 1 aromatic rings. The molecular formula is C6H9ClN2O. The van der Waals surface area contributed by atoms with E-state index in [1.165, 1.54) is 10.9 Å². The monoisotopic (exact) mass is 160 g/mol. The zero-order chi connectivity index (χ0) is 7.56. The minimum Gasteiger partial charge on any atom is -0.301 e. The van der Waals surface area contributed by atoms with Gasteiger partial charge < -0.3 is 5.10 Å². The van der Waals surface area contributed by atoms with E-state index < -0.39 is 0 Å². The second-order valence-electron chi connectivity index (χ2n) is 2.08. The maximum atomic E-state index is 11.0. The van der Waals surface area contributed by atoms with Crippen molar-refractivity contribution in [2.24, 2.45) is 0 Å². The fourth-order valence-corrected chi connectivity index (χ4v) is 0.924. The summed E-state index contributed by atoms with van der Waals surface area (Å²) in [5, 5.41) is 3.00. The Morgan fingerprint density at radius 3 is 2.90 bits per heavy atom. The van der Waals surface area contributed by atoms with Gasteiger partial charge in [0.2, 0.25) is 0 Å². The lowest BCUT2D eigenvalue weighted by atomic mass is 10.5. The van der Waals surface area contributed by atoms with Crippen LogP contribution in [0.3, 0.4) is 0 Å². The van der Waals surface area contributed by atoms with E-state index in [0.717, 1.165) is 6.42 Å². The van der Waals surface area contributed by atoms with Crippen molar-refractivity contribution in [3.8, 4) is 0 Å². The standard InChI is InChI=1S/C6H9ClN2O/c1-2-3-9-6(10)5(7)4-8-9/h4,8H,2-3H2,1H3. The summed E-state index contributed by atoms with van der Waals surface area (Å²) >= 11 is 5.50. The molecule has 0 saturated heterocycles. The van der Waals surface area contributed by atoms with Crippen molar-refractivity contribution in [3.05, 3.63) is 21.6 Å². The highest BCUT2D eigenvalue weighted by molar-refractivity contribution is 6.30. The van der Waals surface area contributed by atoms with Gasteiger partial charge in [0.05, 0.1) is 0 Å². The van der Waals surface area contributed by atoms with Crippen molar-refractivity contribution >= 4 is 11.6 Å². The topological polar surface area (TPSA) is 37.8 Å². The van der Waals surface area contributed by atoms with Crippen LogP contribution < -0.4 is 5.56 Å². The van der Waals surface area contributed by atoms with Crippen molar-refractivity contribution in [2.45, 2.75) is 19.9 Å². The average Bonchev–Trinajstić information content (AvgIpc) is 2.20. The Morgan fingerprint density at radius 1 is 1.80 bits per heavy atom. The lowest BCUT2D eigenvalue weighted by molar-refractivity contribution is 0.585. The van der Waals surface area contributed by atoms with Gasteiger partial charge in [-0.1, -0.05) is 18.5 Å². The van der Waals surface area contributed by atoms with E-state index in [1.54, 1.807) is 0 Å². The summed E-state index contributed by atoms with van der Waals surface area (Å²) in [6, 6.07) is 0. The Hall–Kier alpha value is -0.700. The SMILES string of the molecule is CCCn1[nH]cc(Cl)c1=O. The van der Waals surface area contributed by atoms with Gasteiger partial charge in [-0.25, -0.2) is 0 Å². The number of nitrogens with zero attached hydrogens (tertiary/aromatic N) is 1. The number of halogens is 1. The Morgan fingerprint density at radius 2 is 2.50 bits per heavy atom. The van der Waals surface area contributed by atoms with E-state index in [0.29, 0.717) is 6.54 Å². The van der Waals surface area contributed by atoms with E-state index in [9.17, 15) is 4.79 Å². The molecule has 0 aliphatic carbocycles. The maximum absolute atomic E-state index is 11.0. The molecular weight excluding hydrogens is 152 g/mol. The average molecular weight is 161 g/mol. The van der Waals surface area contributed by atoms with Crippen LogP contribution in [0.25, 0.3) is 0 Å². The molecule has 56 valence electrons. The third-order valence-corrected chi connectivity index (χ3v) is 1.51. The molecule has 0 fully saturated rings. The van der Waals surface area contributed by atoms with Gasteiger partial charge in [0.1, 0.15) is 5.02 Å². The first-order valence-electron chi connectivity index (χ1n) is 3.19. The van der Waals surface area contributed by atoms with Crippen LogP contribution in [0.5, 0.6) is 0 Å². The predicted molar refractivity (Wildman–Crippen MR) is 40.4 cm³/mol. The van der Waals surface area contributed by atoms with Gasteiger partial charge >= 0.3 is 0 Å². The molecule has 3 nitrogen and oxygen atoms in total. The molecule has 1 aromatic heterocycles. The quantitative estimate of drug-likeness (QED) is 0.695. The Bertz CT molecular complexity index is 263. The molecule has 0 aliphatic rings. The Kier molecular flexibility index (Phi) is 2.17. The molecule has 0 aromatic carbocycles. The van der Waals surface area contributed by atoms with Gasteiger partial charge in [-0.05, 0) is 6.42 Å². The maximum Gasteiger partial charge on any atom is 0.285 e. The number of hydrogen-bond acceptors (Lipinski definition) is 1. The van der Waals surface area contributed by atoms with Crippen LogP contribution >= 0.6 is 11.6 Å². The molecule has 0 bridgehead atoms. The van der Waals surface area contributed by atoms with Crippen molar-refractivity contribution < 1.29 is 0 Å². The molecule has 0 saturated carbocycles. The van der Waals surface area contributed by atoms with Gasteiger partial charge in [-0.2, -0.15) is 0 Å². The van der Waals surface area contributed by atoms with Gasteiger partial charge in [0.25, 0.3) is 5.56 Å². The summed E-state index contributed by atoms with van der Waals surface area (Å²) in [5.74, 6) is 0. The number of aromatic amines is 1. The van der Waals surface area contributed by atoms with E-state index in [2.05, 4.69) is 5.10 Å². The number of aromatic nitrogens is 2. The van der Waals surface area contributed by atoms with Gasteiger partial charge in [0, 0.05) is 12.7 Å². The molecule has 0 unspecified atom stereocenters. The normalized spacial score (nSPS) is 10.2. The zero-order valence-corrected chi connectivity index (χ0v) is 6.48. The van der Waals surface area contributed by atoms with Crippen LogP contribution in [-0.2, 0) is 6.54 Å². The van der Waals surface area contributed by atoms with Crippen LogP contribution in [0.4, 0.5) is 0 Å². The number of rotatable bonds is 2. The third kappa shape index (κ3) is 1.24. The molecule has 0 radical (unpaired) electrons. The number of H-pyrrole nitrogens is 1. The van der Waals surface area contributed by atoms with Crippen molar-refractivity contribution in [1.82, 2.24) is 9.78 Å². The molecule has 4 heteroatoms. The molecule has 10 heavy (non-hydrogen) atoms. The lowest BCUT2D eigenvalue weighted by Crippen LogP contribution is -2.16. The minimum absolute atomic E-state index is 0.136. The summed E-state index contributed by atoms with van der Waals surface area (Å²) in [5.41, 5.74) is -0.136. The zero-order valence-electron chi connectivity index (χ0n) is 5.72. The summed E-state index contributed by atoms with van der Waals surface area (Å²) in [6.45, 7) is 2.70. The fourth-order valence-electron chi connectivity index (χ4n) is 0.774. The first-order chi connectivity index (χ1) is 4.75. The Labute approximate surface area is 63.6 Å². The highest BCUT2D eigenvalue weighted by atomic mass is 35.5. The molecule has 1 N–H and O–H groups in total. The Balaban J connectivity index is 2.95. The molecule has 0 spiro atoms. The molecule has 0 atom stereocenters. The summed E-state index contributed by atoms with van der Waals surface area (Å²) in [7, 11) is 0. The molecule has 0 amide bonds. The molecule has 1 heterocycles. The van der Waals surface area contributed by atoms with E-state index in [1.807, 2.05) is 6.92 Å². The summed E-state index contributed by atoms with van der Waals surface area (Å²) in [4.78, 5) is 11.0. The smallest absolute Gasteiger partial charge is 0.285 e. The number of aryl methyl sites for hydroxylation is 1. The largest absolute Gasteiger partial charge is 0.301 e. The van der Waals surface area contributed by atoms with E-state index >= 15 is 0 Å². The predicted octanol–water partition coefficient (Wildman–Crippen LogP) is 1.24. The second-order valence-corrected chi connectivity index (χ2v) is 2.49. The number of hydrogen-bond donors (Lipinski definition) is 1. The van der Waals surface area contributed by atoms with Crippen LogP contribution in [0, 0.1) is 0 Å². The van der Waals surface area contributed by atoms with Crippen molar-refractivity contribution in [1.29, 1.82) is 0 Å². The number of nitrogens with one attached hydrogen (secondary N) is 1. The minimum atomic E-state index is -0.136. The van der Waals surface area contributed by atoms with Gasteiger partial charge in [0.15, 0.2) is 0 Å². The van der Waals surface area contributed by atoms with Gasteiger partial charge in [-0.3, -0.25) is 9.48 Å². The summed E-state index contributed by atoms with van der Waals surface area (Å²) in [6.07, 6.45) is 2.43. The lowest BCUT2D eigenvalue weighted by Gasteiger charge is -1.94. The van der Waals surface area contributed by atoms with E-state index in [-0.39, 0.29) is 10.6 Å². The first kappa shape index (κ1) is 7.41. The molecule has 1 rings (SSSR count). The first-order valence-corrected chi connectivity index (χ1v) is 3.57. The van der Waals surface area contributed by atoms with Gasteiger partial charge in [-0.15, -0.1) is 0 Å². The fraction of sp³-hybridized carbons (Fsp3) is 0.500.